The summed E-state index contributed by atoms with van der Waals surface area (Å²) in [6, 6.07) is 0. The predicted octanol–water partition coefficient (Wildman–Crippen LogP) is 1.47. The number of carbonyl (C=O) groups excluding carboxylic acids is 2. The van der Waals surface area contributed by atoms with Crippen molar-refractivity contribution >= 4 is 11.9 Å². The Morgan fingerprint density at radius 2 is 1.40 bits per heavy atom. The third-order valence-electron chi connectivity index (χ3n) is 2.14. The molecule has 0 N–H and O–H groups in total. The second-order valence-electron chi connectivity index (χ2n) is 3.05. The largest absolute Gasteiger partial charge is 0.468 e. The van der Waals surface area contributed by atoms with Gasteiger partial charge in [0.15, 0.2) is 5.41 Å². The molecule has 0 aliphatic rings. The standard InChI is InChI=1S/C11H16O4/c1-5-7-11(8-6-2,9(12)14-3)10(13)15-4/h5-6H,1-2,7-8H2,3-4H3/i1+1,8+1. The summed E-state index contributed by atoms with van der Waals surface area (Å²) in [5.74, 6) is -1.26. The number of hydrogen-bond acceptors (Lipinski definition) is 4. The van der Waals surface area contributed by atoms with Crippen LogP contribution in [0.3, 0.4) is 0 Å². The Morgan fingerprint density at radius 3 is 1.60 bits per heavy atom. The van der Waals surface area contributed by atoms with E-state index in [0.29, 0.717) is 0 Å². The van der Waals surface area contributed by atoms with Crippen LogP contribution in [0, 0.1) is 5.41 Å². The van der Waals surface area contributed by atoms with Crippen LogP contribution in [-0.4, -0.2) is 26.2 Å². The molecule has 0 aliphatic heterocycles. The zero-order chi connectivity index (χ0) is 11.9. The van der Waals surface area contributed by atoms with E-state index in [1.165, 1.54) is 26.4 Å². The molecule has 0 radical (unpaired) electrons. The molecule has 0 aromatic carbocycles. The molecule has 0 amide bonds. The molecule has 0 heterocycles. The maximum Gasteiger partial charge on any atom is 0.323 e. The van der Waals surface area contributed by atoms with Gasteiger partial charge in [0.2, 0.25) is 0 Å². The van der Waals surface area contributed by atoms with Crippen LogP contribution in [0.2, 0.25) is 0 Å². The maximum absolute atomic E-state index is 11.6. The van der Waals surface area contributed by atoms with Crippen molar-refractivity contribution in [3.05, 3.63) is 25.3 Å². The Balaban J connectivity index is 5.22. The lowest BCUT2D eigenvalue weighted by molar-refractivity contribution is -0.168. The monoisotopic (exact) mass is 214 g/mol. The third kappa shape index (κ3) is 2.68. The van der Waals surface area contributed by atoms with Crippen molar-refractivity contribution in [3.8, 4) is 0 Å². The molecule has 0 aliphatic carbocycles. The summed E-state index contributed by atoms with van der Waals surface area (Å²) < 4.78 is 9.22. The Morgan fingerprint density at radius 1 is 1.07 bits per heavy atom. The number of carbonyl (C=O) groups is 2. The lowest BCUT2D eigenvalue weighted by atomic mass is 9.91. The second-order valence-corrected chi connectivity index (χ2v) is 3.05. The molecule has 0 saturated heterocycles. The highest BCUT2D eigenvalue weighted by atomic mass is 16.5. The molecule has 84 valence electrons. The van der Waals surface area contributed by atoms with Gasteiger partial charge in [-0.3, -0.25) is 9.59 Å². The van der Waals surface area contributed by atoms with Crippen molar-refractivity contribution in [1.29, 1.82) is 0 Å². The van der Waals surface area contributed by atoms with Gasteiger partial charge in [-0.05, 0) is 12.8 Å². The summed E-state index contributed by atoms with van der Waals surface area (Å²) >= 11 is 0. The molecule has 0 aromatic heterocycles. The maximum atomic E-state index is 11.6. The number of allylic oxidation sites excluding steroid dienone is 2. The lowest BCUT2D eigenvalue weighted by Crippen LogP contribution is -2.40. The van der Waals surface area contributed by atoms with E-state index in [1.54, 1.807) is 0 Å². The summed E-state index contributed by atoms with van der Waals surface area (Å²) in [4.78, 5) is 23.2. The van der Waals surface area contributed by atoms with Gasteiger partial charge in [-0.15, -0.1) is 13.2 Å². The van der Waals surface area contributed by atoms with Crippen molar-refractivity contribution in [2.24, 2.45) is 5.41 Å². The Kier molecular flexibility index (Phi) is 5.37. The zero-order valence-corrected chi connectivity index (χ0v) is 9.12. The Hall–Kier alpha value is -1.58. The van der Waals surface area contributed by atoms with E-state index in [4.69, 9.17) is 0 Å². The van der Waals surface area contributed by atoms with Crippen LogP contribution in [0.25, 0.3) is 0 Å². The second kappa shape index (κ2) is 6.01. The smallest absolute Gasteiger partial charge is 0.323 e. The van der Waals surface area contributed by atoms with Gasteiger partial charge in [0.05, 0.1) is 14.2 Å². The molecule has 0 saturated carbocycles. The molecular formula is C11H16O4. The molecular weight excluding hydrogens is 198 g/mol. The number of rotatable bonds is 6. The fourth-order valence-electron chi connectivity index (χ4n) is 1.38. The first-order valence-electron chi connectivity index (χ1n) is 4.47. The number of hydrogen-bond donors (Lipinski definition) is 0. The minimum atomic E-state index is -1.34. The van der Waals surface area contributed by atoms with E-state index in [2.05, 4.69) is 22.6 Å². The molecule has 0 fully saturated rings. The minimum absolute atomic E-state index is 0.165. The van der Waals surface area contributed by atoms with E-state index in [9.17, 15) is 9.59 Å². The molecule has 0 spiro atoms. The van der Waals surface area contributed by atoms with Crippen molar-refractivity contribution in [2.45, 2.75) is 12.8 Å². The van der Waals surface area contributed by atoms with Crippen molar-refractivity contribution in [1.82, 2.24) is 0 Å². The van der Waals surface area contributed by atoms with E-state index >= 15 is 0 Å². The van der Waals surface area contributed by atoms with Crippen LogP contribution in [0.1, 0.15) is 12.8 Å². The topological polar surface area (TPSA) is 52.6 Å². The van der Waals surface area contributed by atoms with Crippen molar-refractivity contribution < 1.29 is 19.1 Å². The van der Waals surface area contributed by atoms with Gasteiger partial charge in [-0.2, -0.15) is 0 Å². The van der Waals surface area contributed by atoms with Crippen LogP contribution in [0.4, 0.5) is 0 Å². The SMILES string of the molecule is C=C[13CH2]C(CC=[13CH2])(C(=O)OC)C(=O)OC. The van der Waals surface area contributed by atoms with Crippen molar-refractivity contribution in [2.75, 3.05) is 14.2 Å². The number of esters is 2. The quantitative estimate of drug-likeness (QED) is 0.291. The van der Waals surface area contributed by atoms with Crippen LogP contribution < -0.4 is 0 Å². The fraction of sp³-hybridized carbons (Fsp3) is 0.455. The average Bonchev–Trinajstić information content (AvgIpc) is 2.26. The van der Waals surface area contributed by atoms with Gasteiger partial charge in [0.1, 0.15) is 0 Å². The molecule has 4 heteroatoms. The molecule has 0 atom stereocenters. The molecule has 0 aromatic rings. The average molecular weight is 214 g/mol. The highest BCUT2D eigenvalue weighted by molar-refractivity contribution is 6.00. The number of ether oxygens (including phenoxy) is 2. The van der Waals surface area contributed by atoms with Crippen molar-refractivity contribution in [3.63, 3.8) is 0 Å². The highest BCUT2D eigenvalue weighted by Gasteiger charge is 2.46. The van der Waals surface area contributed by atoms with Gasteiger partial charge in [0.25, 0.3) is 0 Å². The van der Waals surface area contributed by atoms with E-state index in [-0.39, 0.29) is 12.8 Å². The molecule has 0 unspecified atom stereocenters. The zero-order valence-electron chi connectivity index (χ0n) is 9.12. The van der Waals surface area contributed by atoms with E-state index in [0.717, 1.165) is 0 Å². The van der Waals surface area contributed by atoms with Gasteiger partial charge in [0, 0.05) is 0 Å². The molecule has 0 bridgehead atoms. The van der Waals surface area contributed by atoms with Gasteiger partial charge in [-0.1, -0.05) is 12.2 Å². The summed E-state index contributed by atoms with van der Waals surface area (Å²) in [6.45, 7) is 7.02. The van der Waals surface area contributed by atoms with Gasteiger partial charge in [-0.25, -0.2) is 0 Å². The van der Waals surface area contributed by atoms with Crippen LogP contribution in [0.5, 0.6) is 0 Å². The summed E-state index contributed by atoms with van der Waals surface area (Å²) in [5.41, 5.74) is -1.34. The van der Waals surface area contributed by atoms with Crippen LogP contribution in [-0.2, 0) is 19.1 Å². The molecule has 15 heavy (non-hydrogen) atoms. The highest BCUT2D eigenvalue weighted by Crippen LogP contribution is 2.31. The first kappa shape index (κ1) is 13.4. The summed E-state index contributed by atoms with van der Waals surface area (Å²) in [7, 11) is 2.46. The fourth-order valence-corrected chi connectivity index (χ4v) is 1.38. The normalized spacial score (nSPS) is 10.3. The van der Waals surface area contributed by atoms with E-state index < -0.39 is 17.4 Å². The van der Waals surface area contributed by atoms with E-state index in [1.807, 2.05) is 0 Å². The molecule has 0 rings (SSSR count). The van der Waals surface area contributed by atoms with Crippen LogP contribution >= 0.6 is 0 Å². The lowest BCUT2D eigenvalue weighted by Gasteiger charge is -2.25. The first-order valence-corrected chi connectivity index (χ1v) is 4.47. The summed E-state index contributed by atoms with van der Waals surface area (Å²) in [6.07, 6.45) is 3.30. The predicted molar refractivity (Wildman–Crippen MR) is 56.1 cm³/mol. The third-order valence-corrected chi connectivity index (χ3v) is 2.14. The van der Waals surface area contributed by atoms with Gasteiger partial charge >= 0.3 is 11.9 Å². The Bertz CT molecular complexity index is 240. The van der Waals surface area contributed by atoms with Gasteiger partial charge < -0.3 is 9.47 Å². The first-order chi connectivity index (χ1) is 7.08. The Labute approximate surface area is 89.6 Å². The minimum Gasteiger partial charge on any atom is -0.468 e. The van der Waals surface area contributed by atoms with Crippen LogP contribution in [0.15, 0.2) is 25.3 Å². The number of methoxy groups -OCH3 is 2. The molecule has 4 nitrogen and oxygen atoms in total. The summed E-state index contributed by atoms with van der Waals surface area (Å²) in [5, 5.41) is 0.